The summed E-state index contributed by atoms with van der Waals surface area (Å²) in [6.07, 6.45) is 1.74. The third-order valence-corrected chi connectivity index (χ3v) is 3.59. The number of halogens is 1. The first-order valence-electron chi connectivity index (χ1n) is 6.93. The number of benzene rings is 1. The minimum Gasteiger partial charge on any atom is -0.475 e. The number of hydrogen-bond acceptors (Lipinski definition) is 4. The molecule has 0 fully saturated rings. The van der Waals surface area contributed by atoms with Crippen LogP contribution in [0.2, 0.25) is 0 Å². The highest BCUT2D eigenvalue weighted by atomic mass is 35.5. The van der Waals surface area contributed by atoms with Gasteiger partial charge in [-0.15, -0.1) is 11.6 Å². The van der Waals surface area contributed by atoms with E-state index in [0.717, 1.165) is 5.56 Å². The molecular formula is C16H20ClN3O. The summed E-state index contributed by atoms with van der Waals surface area (Å²) in [5, 5.41) is 3.30. The van der Waals surface area contributed by atoms with E-state index in [1.807, 2.05) is 51.1 Å². The number of ether oxygens (including phenoxy) is 1. The lowest BCUT2D eigenvalue weighted by molar-refractivity contribution is 0.232. The Morgan fingerprint density at radius 2 is 1.95 bits per heavy atom. The van der Waals surface area contributed by atoms with Crippen molar-refractivity contribution in [1.82, 2.24) is 9.97 Å². The molecule has 4 nitrogen and oxygen atoms in total. The van der Waals surface area contributed by atoms with Gasteiger partial charge in [0.1, 0.15) is 0 Å². The van der Waals surface area contributed by atoms with Crippen molar-refractivity contribution < 1.29 is 4.74 Å². The van der Waals surface area contributed by atoms with Crippen LogP contribution in [-0.2, 0) is 5.54 Å². The van der Waals surface area contributed by atoms with Crippen LogP contribution in [0.4, 0.5) is 5.95 Å². The quantitative estimate of drug-likeness (QED) is 0.824. The summed E-state index contributed by atoms with van der Waals surface area (Å²) in [4.78, 5) is 8.61. The fourth-order valence-corrected chi connectivity index (χ4v) is 2.17. The van der Waals surface area contributed by atoms with Gasteiger partial charge >= 0.3 is 0 Å². The van der Waals surface area contributed by atoms with Crippen LogP contribution in [0.25, 0.3) is 0 Å². The highest BCUT2D eigenvalue weighted by Crippen LogP contribution is 2.26. The van der Waals surface area contributed by atoms with Gasteiger partial charge in [0.25, 0.3) is 0 Å². The van der Waals surface area contributed by atoms with Gasteiger partial charge in [0.15, 0.2) is 0 Å². The van der Waals surface area contributed by atoms with E-state index in [1.54, 1.807) is 12.3 Å². The molecule has 112 valence electrons. The Morgan fingerprint density at radius 1 is 1.24 bits per heavy atom. The predicted octanol–water partition coefficient (Wildman–Crippen LogP) is 3.83. The molecular weight excluding hydrogens is 286 g/mol. The van der Waals surface area contributed by atoms with Crippen LogP contribution in [-0.4, -0.2) is 22.0 Å². The second kappa shape index (κ2) is 6.76. The van der Waals surface area contributed by atoms with E-state index in [-0.39, 0.29) is 6.10 Å². The SMILES string of the molecule is CC(C)Oc1ccnc(NC(C)(CCl)c2ccccc2)n1. The van der Waals surface area contributed by atoms with Crippen molar-refractivity contribution >= 4 is 17.5 Å². The van der Waals surface area contributed by atoms with Crippen LogP contribution < -0.4 is 10.1 Å². The number of nitrogens with one attached hydrogen (secondary N) is 1. The first kappa shape index (κ1) is 15.6. The number of rotatable bonds is 6. The zero-order valence-corrected chi connectivity index (χ0v) is 13.3. The zero-order chi connectivity index (χ0) is 15.3. The first-order valence-corrected chi connectivity index (χ1v) is 7.46. The van der Waals surface area contributed by atoms with Crippen molar-refractivity contribution in [2.75, 3.05) is 11.2 Å². The van der Waals surface area contributed by atoms with Crippen molar-refractivity contribution in [3.63, 3.8) is 0 Å². The summed E-state index contributed by atoms with van der Waals surface area (Å²) in [5.74, 6) is 1.45. The lowest BCUT2D eigenvalue weighted by Crippen LogP contribution is -2.34. The van der Waals surface area contributed by atoms with Crippen molar-refractivity contribution in [2.45, 2.75) is 32.4 Å². The van der Waals surface area contributed by atoms with Crippen LogP contribution in [0.3, 0.4) is 0 Å². The van der Waals surface area contributed by atoms with E-state index in [9.17, 15) is 0 Å². The lowest BCUT2D eigenvalue weighted by atomic mass is 9.94. The van der Waals surface area contributed by atoms with Crippen LogP contribution in [0.1, 0.15) is 26.3 Å². The van der Waals surface area contributed by atoms with Gasteiger partial charge in [-0.2, -0.15) is 4.98 Å². The van der Waals surface area contributed by atoms with Gasteiger partial charge < -0.3 is 10.1 Å². The van der Waals surface area contributed by atoms with E-state index in [2.05, 4.69) is 15.3 Å². The molecule has 0 amide bonds. The molecule has 0 aliphatic carbocycles. The Bertz CT molecular complexity index is 577. The molecule has 1 atom stereocenters. The van der Waals surface area contributed by atoms with Gasteiger partial charge in [0, 0.05) is 18.1 Å². The van der Waals surface area contributed by atoms with Crippen LogP contribution >= 0.6 is 11.6 Å². The Hall–Kier alpha value is -1.81. The first-order chi connectivity index (χ1) is 10.0. The average Bonchev–Trinajstić information content (AvgIpc) is 2.47. The smallest absolute Gasteiger partial charge is 0.226 e. The van der Waals surface area contributed by atoms with E-state index >= 15 is 0 Å². The standard InChI is InChI=1S/C16H20ClN3O/c1-12(2)21-14-9-10-18-15(19-14)20-16(3,11-17)13-7-5-4-6-8-13/h4-10,12H,11H2,1-3H3,(H,18,19,20). The Labute approximate surface area is 130 Å². The fourth-order valence-electron chi connectivity index (χ4n) is 1.94. The molecule has 2 aromatic rings. The van der Waals surface area contributed by atoms with Crippen molar-refractivity contribution in [2.24, 2.45) is 0 Å². The van der Waals surface area contributed by atoms with Crippen LogP contribution in [0.15, 0.2) is 42.6 Å². The molecule has 21 heavy (non-hydrogen) atoms. The lowest BCUT2D eigenvalue weighted by Gasteiger charge is -2.29. The maximum Gasteiger partial charge on any atom is 0.226 e. The maximum absolute atomic E-state index is 6.17. The summed E-state index contributed by atoms with van der Waals surface area (Å²) in [7, 11) is 0. The number of hydrogen-bond donors (Lipinski definition) is 1. The molecule has 0 saturated carbocycles. The third-order valence-electron chi connectivity index (χ3n) is 3.05. The van der Waals surface area contributed by atoms with E-state index in [0.29, 0.717) is 17.7 Å². The molecule has 0 spiro atoms. The Balaban J connectivity index is 2.22. The van der Waals surface area contributed by atoms with Crippen LogP contribution in [0.5, 0.6) is 5.88 Å². The molecule has 0 aliphatic rings. The van der Waals surface area contributed by atoms with E-state index in [4.69, 9.17) is 16.3 Å². The zero-order valence-electron chi connectivity index (χ0n) is 12.5. The van der Waals surface area contributed by atoms with Crippen molar-refractivity contribution in [3.05, 3.63) is 48.2 Å². The molecule has 5 heteroatoms. The number of alkyl halides is 1. The molecule has 1 aromatic heterocycles. The van der Waals surface area contributed by atoms with Gasteiger partial charge in [0.2, 0.25) is 11.8 Å². The normalized spacial score (nSPS) is 13.8. The van der Waals surface area contributed by atoms with E-state index < -0.39 is 5.54 Å². The van der Waals surface area contributed by atoms with E-state index in [1.165, 1.54) is 0 Å². The molecule has 1 unspecified atom stereocenters. The molecule has 0 aliphatic heterocycles. The summed E-state index contributed by atoms with van der Waals surface area (Å²) in [6.45, 7) is 5.94. The monoisotopic (exact) mass is 305 g/mol. The maximum atomic E-state index is 6.17. The summed E-state index contributed by atoms with van der Waals surface area (Å²) in [5.41, 5.74) is 0.637. The molecule has 1 heterocycles. The molecule has 0 saturated heterocycles. The van der Waals surface area contributed by atoms with Crippen LogP contribution in [0, 0.1) is 0 Å². The van der Waals surface area contributed by atoms with Gasteiger partial charge in [-0.25, -0.2) is 4.98 Å². The predicted molar refractivity (Wildman–Crippen MR) is 85.9 cm³/mol. The molecule has 0 bridgehead atoms. The van der Waals surface area contributed by atoms with Crippen molar-refractivity contribution in [1.29, 1.82) is 0 Å². The number of nitrogens with zero attached hydrogens (tertiary/aromatic N) is 2. The van der Waals surface area contributed by atoms with Gasteiger partial charge in [0.05, 0.1) is 11.6 Å². The second-order valence-corrected chi connectivity index (χ2v) is 5.61. The summed E-state index contributed by atoms with van der Waals surface area (Å²) >= 11 is 6.17. The van der Waals surface area contributed by atoms with Crippen molar-refractivity contribution in [3.8, 4) is 5.88 Å². The molecule has 1 N–H and O–H groups in total. The summed E-state index contributed by atoms with van der Waals surface area (Å²) in [6, 6.07) is 11.8. The molecule has 2 rings (SSSR count). The number of aromatic nitrogens is 2. The minimum absolute atomic E-state index is 0.0706. The highest BCUT2D eigenvalue weighted by molar-refractivity contribution is 6.18. The molecule has 1 aromatic carbocycles. The average molecular weight is 306 g/mol. The fraction of sp³-hybridized carbons (Fsp3) is 0.375. The van der Waals surface area contributed by atoms with Gasteiger partial charge in [-0.1, -0.05) is 30.3 Å². The summed E-state index contributed by atoms with van der Waals surface area (Å²) < 4.78 is 5.58. The highest BCUT2D eigenvalue weighted by Gasteiger charge is 2.26. The minimum atomic E-state index is -0.445. The van der Waals surface area contributed by atoms with Gasteiger partial charge in [-0.05, 0) is 26.3 Å². The van der Waals surface area contributed by atoms with Gasteiger partial charge in [-0.3, -0.25) is 0 Å². The number of anilines is 1. The second-order valence-electron chi connectivity index (χ2n) is 5.34. The Kier molecular flexibility index (Phi) is 5.02. The largest absolute Gasteiger partial charge is 0.475 e. The Morgan fingerprint density at radius 3 is 2.57 bits per heavy atom. The topological polar surface area (TPSA) is 47.0 Å². The molecule has 0 radical (unpaired) electrons. The third kappa shape index (κ3) is 4.08.